The standard InChI is InChI=1S/C20H20F3N3O2/c1-25-12-14(11-24-25)7-8-18(27)26-9-3-5-16(13-26)19(28)15-4-2-6-17(10-15)20(21,22)23/h2,4,6-8,10-12,16H,3,5,9,13H2,1H3/b8-7+/t16-/m1/s1. The lowest BCUT2D eigenvalue weighted by Gasteiger charge is -2.31. The molecule has 8 heteroatoms. The summed E-state index contributed by atoms with van der Waals surface area (Å²) in [6.45, 7) is 0.716. The van der Waals surface area contributed by atoms with Crippen molar-refractivity contribution in [3.63, 3.8) is 0 Å². The Morgan fingerprint density at radius 3 is 2.75 bits per heavy atom. The summed E-state index contributed by atoms with van der Waals surface area (Å²) in [7, 11) is 1.77. The van der Waals surface area contributed by atoms with E-state index in [1.807, 2.05) is 0 Å². The lowest BCUT2D eigenvalue weighted by molar-refractivity contribution is -0.137. The number of carbonyl (C=O) groups is 2. The van der Waals surface area contributed by atoms with Gasteiger partial charge in [0.25, 0.3) is 0 Å². The van der Waals surface area contributed by atoms with Crippen LogP contribution < -0.4 is 0 Å². The minimum absolute atomic E-state index is 0.0278. The van der Waals surface area contributed by atoms with Crippen LogP contribution >= 0.6 is 0 Å². The molecule has 0 unspecified atom stereocenters. The van der Waals surface area contributed by atoms with Crippen LogP contribution in [0, 0.1) is 5.92 Å². The lowest BCUT2D eigenvalue weighted by Crippen LogP contribution is -2.41. The molecule has 2 aromatic rings. The van der Waals surface area contributed by atoms with Gasteiger partial charge in [-0.1, -0.05) is 12.1 Å². The van der Waals surface area contributed by atoms with Crippen molar-refractivity contribution in [3.8, 4) is 0 Å². The topological polar surface area (TPSA) is 55.2 Å². The predicted octanol–water partition coefficient (Wildman–Crippen LogP) is 3.57. The Hall–Kier alpha value is -2.90. The normalized spacial score (nSPS) is 17.9. The number of carbonyl (C=O) groups excluding carboxylic acids is 2. The first-order chi connectivity index (χ1) is 13.2. The zero-order chi connectivity index (χ0) is 20.3. The van der Waals surface area contributed by atoms with Crippen LogP contribution in [0.2, 0.25) is 0 Å². The van der Waals surface area contributed by atoms with E-state index in [9.17, 15) is 22.8 Å². The number of piperidine rings is 1. The Morgan fingerprint density at radius 2 is 2.07 bits per heavy atom. The number of aryl methyl sites for hydroxylation is 1. The van der Waals surface area contributed by atoms with Gasteiger partial charge in [-0.05, 0) is 31.1 Å². The van der Waals surface area contributed by atoms with Crippen LogP contribution in [0.25, 0.3) is 6.08 Å². The number of Topliss-reactive ketones (excluding diaryl/α,β-unsaturated/α-hetero) is 1. The molecule has 3 rings (SSSR count). The third-order valence-electron chi connectivity index (χ3n) is 4.72. The number of ketones is 1. The van der Waals surface area contributed by atoms with Crippen molar-refractivity contribution in [1.82, 2.24) is 14.7 Å². The van der Waals surface area contributed by atoms with Crippen LogP contribution in [-0.2, 0) is 18.0 Å². The Morgan fingerprint density at radius 1 is 1.29 bits per heavy atom. The smallest absolute Gasteiger partial charge is 0.338 e. The van der Waals surface area contributed by atoms with Crippen molar-refractivity contribution in [2.75, 3.05) is 13.1 Å². The maximum atomic E-state index is 12.9. The number of rotatable bonds is 4. The molecule has 1 atom stereocenters. The predicted molar refractivity (Wildman–Crippen MR) is 97.3 cm³/mol. The number of halogens is 3. The van der Waals surface area contributed by atoms with Gasteiger partial charge in [-0.15, -0.1) is 0 Å². The number of hydrogen-bond acceptors (Lipinski definition) is 3. The minimum atomic E-state index is -4.50. The fraction of sp³-hybridized carbons (Fsp3) is 0.350. The number of nitrogens with zero attached hydrogens (tertiary/aromatic N) is 3. The molecule has 1 aromatic heterocycles. The van der Waals surface area contributed by atoms with Crippen molar-refractivity contribution in [2.24, 2.45) is 13.0 Å². The van der Waals surface area contributed by atoms with E-state index < -0.39 is 17.7 Å². The summed E-state index contributed by atoms with van der Waals surface area (Å²) < 4.78 is 40.3. The zero-order valence-electron chi connectivity index (χ0n) is 15.3. The molecule has 2 heterocycles. The van der Waals surface area contributed by atoms with Crippen molar-refractivity contribution >= 4 is 17.8 Å². The maximum Gasteiger partial charge on any atom is 0.416 e. The number of likely N-dealkylation sites (tertiary alicyclic amines) is 1. The first-order valence-corrected chi connectivity index (χ1v) is 8.91. The zero-order valence-corrected chi connectivity index (χ0v) is 15.3. The second-order valence-corrected chi connectivity index (χ2v) is 6.85. The van der Waals surface area contributed by atoms with Gasteiger partial charge in [-0.3, -0.25) is 14.3 Å². The number of aromatic nitrogens is 2. The molecule has 0 saturated carbocycles. The molecule has 0 N–H and O–H groups in total. The third-order valence-corrected chi connectivity index (χ3v) is 4.72. The second kappa shape index (κ2) is 8.00. The Kier molecular flexibility index (Phi) is 5.67. The van der Waals surface area contributed by atoms with Crippen LogP contribution in [0.1, 0.15) is 34.3 Å². The summed E-state index contributed by atoms with van der Waals surface area (Å²) in [5, 5.41) is 4.02. The van der Waals surface area contributed by atoms with Gasteiger partial charge in [-0.25, -0.2) is 0 Å². The molecule has 5 nitrogen and oxygen atoms in total. The monoisotopic (exact) mass is 391 g/mol. The highest BCUT2D eigenvalue weighted by Gasteiger charge is 2.33. The van der Waals surface area contributed by atoms with E-state index in [0.29, 0.717) is 19.4 Å². The molecule has 1 aromatic carbocycles. The Bertz CT molecular complexity index is 902. The molecular formula is C20H20F3N3O2. The first-order valence-electron chi connectivity index (χ1n) is 8.91. The molecule has 0 aliphatic carbocycles. The van der Waals surface area contributed by atoms with E-state index in [1.54, 1.807) is 35.1 Å². The molecule has 148 valence electrons. The molecule has 1 aliphatic rings. The summed E-state index contributed by atoms with van der Waals surface area (Å²) in [4.78, 5) is 26.7. The van der Waals surface area contributed by atoms with Crippen LogP contribution in [0.3, 0.4) is 0 Å². The fourth-order valence-electron chi connectivity index (χ4n) is 3.27. The van der Waals surface area contributed by atoms with Crippen LogP contribution in [0.15, 0.2) is 42.7 Å². The van der Waals surface area contributed by atoms with Gasteiger partial charge in [0.2, 0.25) is 5.91 Å². The Balaban J connectivity index is 1.68. The van der Waals surface area contributed by atoms with Gasteiger partial charge in [0.15, 0.2) is 5.78 Å². The summed E-state index contributed by atoms with van der Waals surface area (Å²) in [6.07, 6.45) is 3.14. The van der Waals surface area contributed by atoms with Crippen molar-refractivity contribution in [3.05, 3.63) is 59.4 Å². The van der Waals surface area contributed by atoms with E-state index in [1.165, 1.54) is 18.2 Å². The summed E-state index contributed by atoms with van der Waals surface area (Å²) in [5.74, 6) is -1.10. The van der Waals surface area contributed by atoms with E-state index in [4.69, 9.17) is 0 Å². The average Bonchev–Trinajstić information content (AvgIpc) is 3.10. The van der Waals surface area contributed by atoms with Crippen molar-refractivity contribution in [1.29, 1.82) is 0 Å². The number of hydrogen-bond donors (Lipinski definition) is 0. The molecule has 1 amide bonds. The first kappa shape index (κ1) is 19.9. The summed E-state index contributed by atoms with van der Waals surface area (Å²) in [5.41, 5.74) is -0.0361. The number of benzene rings is 1. The third kappa shape index (κ3) is 4.68. The molecular weight excluding hydrogens is 371 g/mol. The highest BCUT2D eigenvalue weighted by Crippen LogP contribution is 2.30. The second-order valence-electron chi connectivity index (χ2n) is 6.85. The van der Waals surface area contributed by atoms with Crippen LogP contribution in [0.5, 0.6) is 0 Å². The number of alkyl halides is 3. The fourth-order valence-corrected chi connectivity index (χ4v) is 3.27. The van der Waals surface area contributed by atoms with Gasteiger partial charge >= 0.3 is 6.18 Å². The highest BCUT2D eigenvalue weighted by molar-refractivity contribution is 5.99. The SMILES string of the molecule is Cn1cc(/C=C/C(=O)N2CCC[C@@H](C(=O)c3cccc(C(F)(F)F)c3)C2)cn1. The van der Waals surface area contributed by atoms with E-state index in [2.05, 4.69) is 5.10 Å². The maximum absolute atomic E-state index is 12.9. The van der Waals surface area contributed by atoms with E-state index in [-0.39, 0.29) is 23.8 Å². The van der Waals surface area contributed by atoms with Crippen LogP contribution in [0.4, 0.5) is 13.2 Å². The molecule has 0 bridgehead atoms. The highest BCUT2D eigenvalue weighted by atomic mass is 19.4. The van der Waals surface area contributed by atoms with Crippen molar-refractivity contribution < 1.29 is 22.8 Å². The molecule has 0 radical (unpaired) electrons. The average molecular weight is 391 g/mol. The van der Waals surface area contributed by atoms with Gasteiger partial charge < -0.3 is 4.90 Å². The molecule has 1 aliphatic heterocycles. The van der Waals surface area contributed by atoms with Gasteiger partial charge in [0.1, 0.15) is 0 Å². The Labute approximate surface area is 160 Å². The molecule has 1 fully saturated rings. The molecule has 28 heavy (non-hydrogen) atoms. The minimum Gasteiger partial charge on any atom is -0.338 e. The van der Waals surface area contributed by atoms with Crippen molar-refractivity contribution in [2.45, 2.75) is 19.0 Å². The number of amides is 1. The lowest BCUT2D eigenvalue weighted by atomic mass is 9.89. The van der Waals surface area contributed by atoms with Crippen LogP contribution in [-0.4, -0.2) is 39.5 Å². The van der Waals surface area contributed by atoms with E-state index in [0.717, 1.165) is 17.7 Å². The molecule has 0 spiro atoms. The summed E-state index contributed by atoms with van der Waals surface area (Å²) >= 11 is 0. The van der Waals surface area contributed by atoms with Gasteiger partial charge in [-0.2, -0.15) is 18.3 Å². The largest absolute Gasteiger partial charge is 0.416 e. The van der Waals surface area contributed by atoms with Gasteiger partial charge in [0, 0.05) is 49.5 Å². The van der Waals surface area contributed by atoms with E-state index >= 15 is 0 Å². The van der Waals surface area contributed by atoms with Gasteiger partial charge in [0.05, 0.1) is 11.8 Å². The summed E-state index contributed by atoms with van der Waals surface area (Å²) in [6, 6.07) is 4.45. The quantitative estimate of drug-likeness (QED) is 0.591. The molecule has 1 saturated heterocycles.